The Hall–Kier alpha value is -2.08. The third-order valence-corrected chi connectivity index (χ3v) is 6.69. The lowest BCUT2D eigenvalue weighted by atomic mass is 10.1. The smallest absolute Gasteiger partial charge is 0.153 e. The molecule has 1 aliphatic heterocycles. The molecule has 2 aromatic rings. The Kier molecular flexibility index (Phi) is 14.5. The van der Waals surface area contributed by atoms with Crippen LogP contribution < -0.4 is 5.32 Å². The zero-order valence-electron chi connectivity index (χ0n) is 22.9. The van der Waals surface area contributed by atoms with Crippen molar-refractivity contribution < 1.29 is 9.47 Å². The average Bonchev–Trinajstić information content (AvgIpc) is 3.54. The highest BCUT2D eigenvalue weighted by Gasteiger charge is 2.29. The molecule has 198 valence electrons. The van der Waals surface area contributed by atoms with Crippen LogP contribution in [0.25, 0.3) is 5.52 Å². The molecule has 0 amide bonds. The highest BCUT2D eigenvalue weighted by Crippen LogP contribution is 2.34. The average molecular weight is 487 g/mol. The number of rotatable bonds is 17. The fraction of sp³-hybridized carbons (Fsp3) is 0.724. The van der Waals surface area contributed by atoms with Crippen molar-refractivity contribution in [3.05, 3.63) is 36.5 Å². The molecule has 0 spiro atoms. The molecular weight excluding hydrogens is 436 g/mol. The van der Waals surface area contributed by atoms with E-state index in [2.05, 4.69) is 35.0 Å². The molecule has 1 aliphatic rings. The zero-order valence-corrected chi connectivity index (χ0v) is 22.9. The molecule has 1 N–H and O–H groups in total. The van der Waals surface area contributed by atoms with Gasteiger partial charge in [0.2, 0.25) is 0 Å². The molecule has 0 bridgehead atoms. The number of hydrogen-bond donors (Lipinski definition) is 1. The fourth-order valence-electron chi connectivity index (χ4n) is 4.71. The van der Waals surface area contributed by atoms with E-state index in [1.807, 2.05) is 31.5 Å². The number of unbranched alkanes of at least 4 members (excludes halogenated alkanes) is 10. The SMILES string of the molecule is C=C(CCCCCCCCCCCCC)OCC1CCC(c2ccc3c(NC)ncnn23)O1.CC. The van der Waals surface area contributed by atoms with E-state index in [0.717, 1.165) is 42.1 Å². The van der Waals surface area contributed by atoms with E-state index in [-0.39, 0.29) is 12.2 Å². The van der Waals surface area contributed by atoms with E-state index < -0.39 is 0 Å². The molecule has 0 radical (unpaired) electrons. The minimum absolute atomic E-state index is 0.0422. The van der Waals surface area contributed by atoms with Crippen LogP contribution in [0, 0.1) is 0 Å². The van der Waals surface area contributed by atoms with E-state index in [9.17, 15) is 0 Å². The van der Waals surface area contributed by atoms with Crippen LogP contribution in [-0.2, 0) is 9.47 Å². The number of anilines is 1. The van der Waals surface area contributed by atoms with Crippen molar-refractivity contribution in [1.82, 2.24) is 14.6 Å². The summed E-state index contributed by atoms with van der Waals surface area (Å²) >= 11 is 0. The predicted molar refractivity (Wildman–Crippen MR) is 147 cm³/mol. The Morgan fingerprint density at radius 3 is 2.34 bits per heavy atom. The van der Waals surface area contributed by atoms with Crippen molar-refractivity contribution >= 4 is 11.3 Å². The van der Waals surface area contributed by atoms with Crippen molar-refractivity contribution in [2.45, 2.75) is 123 Å². The third kappa shape index (κ3) is 9.83. The molecule has 2 atom stereocenters. The maximum absolute atomic E-state index is 6.28. The minimum Gasteiger partial charge on any atom is -0.496 e. The van der Waals surface area contributed by atoms with Crippen molar-refractivity contribution in [2.24, 2.45) is 0 Å². The summed E-state index contributed by atoms with van der Waals surface area (Å²) < 4.78 is 14.2. The number of allylic oxidation sites excluding steroid dienone is 1. The van der Waals surface area contributed by atoms with Gasteiger partial charge in [-0.2, -0.15) is 5.10 Å². The molecule has 0 aromatic carbocycles. The van der Waals surface area contributed by atoms with Crippen LogP contribution in [0.4, 0.5) is 5.82 Å². The maximum Gasteiger partial charge on any atom is 0.153 e. The summed E-state index contributed by atoms with van der Waals surface area (Å²) in [6.07, 6.45) is 19.6. The van der Waals surface area contributed by atoms with Gasteiger partial charge in [0, 0.05) is 13.5 Å². The number of nitrogens with one attached hydrogen (secondary N) is 1. The van der Waals surface area contributed by atoms with Crippen LogP contribution in [0.2, 0.25) is 0 Å². The quantitative estimate of drug-likeness (QED) is 0.180. The molecule has 3 heterocycles. The van der Waals surface area contributed by atoms with Gasteiger partial charge in [-0.15, -0.1) is 0 Å². The standard InChI is InChI=1S/C27H44N4O2.C2H6/c1-4-5-6-7-8-9-10-11-12-13-14-15-22(2)32-20-23-16-19-26(33-23)24-17-18-25-27(28-3)29-21-30-31(24)25;1-2/h17-18,21,23,26H,2,4-16,19-20H2,1,3H3,(H,28,29,30);1-2H3. The first kappa shape index (κ1) is 29.2. The normalized spacial score (nSPS) is 17.3. The van der Waals surface area contributed by atoms with Gasteiger partial charge in [0.05, 0.1) is 17.6 Å². The fourth-order valence-corrected chi connectivity index (χ4v) is 4.71. The van der Waals surface area contributed by atoms with Gasteiger partial charge in [-0.05, 0) is 31.4 Å². The van der Waals surface area contributed by atoms with E-state index in [1.54, 1.807) is 6.33 Å². The van der Waals surface area contributed by atoms with Crippen LogP contribution >= 0.6 is 0 Å². The molecule has 2 unspecified atom stereocenters. The predicted octanol–water partition coefficient (Wildman–Crippen LogP) is 8.25. The van der Waals surface area contributed by atoms with Gasteiger partial charge in [-0.25, -0.2) is 9.50 Å². The van der Waals surface area contributed by atoms with Crippen LogP contribution in [-0.4, -0.2) is 34.4 Å². The molecule has 2 aromatic heterocycles. The van der Waals surface area contributed by atoms with Crippen molar-refractivity contribution in [3.63, 3.8) is 0 Å². The zero-order chi connectivity index (χ0) is 25.3. The van der Waals surface area contributed by atoms with E-state index in [1.165, 1.54) is 70.6 Å². The number of hydrogen-bond acceptors (Lipinski definition) is 5. The Balaban J connectivity index is 0.00000210. The van der Waals surface area contributed by atoms with Crippen LogP contribution in [0.5, 0.6) is 0 Å². The summed E-state index contributed by atoms with van der Waals surface area (Å²) in [7, 11) is 1.87. The lowest BCUT2D eigenvalue weighted by Crippen LogP contribution is -2.15. The van der Waals surface area contributed by atoms with E-state index in [0.29, 0.717) is 6.61 Å². The number of ether oxygens (including phenoxy) is 2. The Morgan fingerprint density at radius 1 is 1.03 bits per heavy atom. The summed E-state index contributed by atoms with van der Waals surface area (Å²) in [5.74, 6) is 1.73. The Labute approximate surface area is 213 Å². The Bertz CT molecular complexity index is 835. The molecule has 3 rings (SSSR count). The first-order valence-corrected chi connectivity index (χ1v) is 14.2. The summed E-state index contributed by atoms with van der Waals surface area (Å²) in [5, 5.41) is 7.53. The topological polar surface area (TPSA) is 60.7 Å². The first-order chi connectivity index (χ1) is 17.2. The summed E-state index contributed by atoms with van der Waals surface area (Å²) in [5.41, 5.74) is 2.05. The first-order valence-electron chi connectivity index (χ1n) is 14.2. The lowest BCUT2D eigenvalue weighted by Gasteiger charge is -2.16. The van der Waals surface area contributed by atoms with Crippen molar-refractivity contribution in [3.8, 4) is 0 Å². The van der Waals surface area contributed by atoms with Gasteiger partial charge >= 0.3 is 0 Å². The molecule has 35 heavy (non-hydrogen) atoms. The van der Waals surface area contributed by atoms with E-state index in [4.69, 9.17) is 9.47 Å². The molecule has 0 saturated carbocycles. The number of aromatic nitrogens is 3. The minimum atomic E-state index is 0.0422. The summed E-state index contributed by atoms with van der Waals surface area (Å²) in [6.45, 7) is 11.0. The highest BCUT2D eigenvalue weighted by atomic mass is 16.5. The molecule has 6 heteroatoms. The van der Waals surface area contributed by atoms with Crippen LogP contribution in [0.1, 0.15) is 122 Å². The maximum atomic E-state index is 6.28. The van der Waals surface area contributed by atoms with Crippen LogP contribution in [0.15, 0.2) is 30.8 Å². The molecule has 0 aliphatic carbocycles. The van der Waals surface area contributed by atoms with Gasteiger partial charge in [-0.3, -0.25) is 0 Å². The van der Waals surface area contributed by atoms with Gasteiger partial charge < -0.3 is 14.8 Å². The largest absolute Gasteiger partial charge is 0.496 e. The second-order valence-electron chi connectivity index (χ2n) is 9.37. The van der Waals surface area contributed by atoms with Gasteiger partial charge in [0.15, 0.2) is 5.82 Å². The second-order valence-corrected chi connectivity index (χ2v) is 9.37. The Morgan fingerprint density at radius 2 is 1.69 bits per heavy atom. The van der Waals surface area contributed by atoms with Crippen LogP contribution in [0.3, 0.4) is 0 Å². The summed E-state index contributed by atoms with van der Waals surface area (Å²) in [4.78, 5) is 4.28. The third-order valence-electron chi connectivity index (χ3n) is 6.69. The molecule has 1 saturated heterocycles. The van der Waals surface area contributed by atoms with Gasteiger partial charge in [-0.1, -0.05) is 91.6 Å². The summed E-state index contributed by atoms with van der Waals surface area (Å²) in [6, 6.07) is 4.13. The molecule has 1 fully saturated rings. The lowest BCUT2D eigenvalue weighted by molar-refractivity contribution is -0.00205. The number of nitrogens with zero attached hydrogens (tertiary/aromatic N) is 3. The van der Waals surface area contributed by atoms with E-state index >= 15 is 0 Å². The molecule has 6 nitrogen and oxygen atoms in total. The monoisotopic (exact) mass is 486 g/mol. The highest BCUT2D eigenvalue weighted by molar-refractivity contribution is 5.67. The van der Waals surface area contributed by atoms with Crippen molar-refractivity contribution in [1.29, 1.82) is 0 Å². The number of fused-ring (bicyclic) bond motifs is 1. The van der Waals surface area contributed by atoms with Gasteiger partial charge in [0.1, 0.15) is 24.6 Å². The molecular formula is C29H50N4O2. The second kappa shape index (κ2) is 17.4. The van der Waals surface area contributed by atoms with Crippen molar-refractivity contribution in [2.75, 3.05) is 19.0 Å². The van der Waals surface area contributed by atoms with Gasteiger partial charge in [0.25, 0.3) is 0 Å².